The highest BCUT2D eigenvalue weighted by atomic mass is 16.2. The standard InChI is InChI=1S/C7H11NO/c1-8-5-7(2-3-7)4-6(8)9/h2-5H2,1H3. The molecule has 1 spiro atoms. The molecule has 0 aromatic heterocycles. The van der Waals surface area contributed by atoms with Crippen molar-refractivity contribution in [2.45, 2.75) is 19.3 Å². The van der Waals surface area contributed by atoms with Crippen molar-refractivity contribution >= 4 is 5.91 Å². The highest BCUT2D eigenvalue weighted by Crippen LogP contribution is 2.52. The van der Waals surface area contributed by atoms with E-state index in [0.29, 0.717) is 11.3 Å². The van der Waals surface area contributed by atoms with Crippen LogP contribution in [0.25, 0.3) is 0 Å². The summed E-state index contributed by atoms with van der Waals surface area (Å²) < 4.78 is 0. The van der Waals surface area contributed by atoms with Gasteiger partial charge in [-0.3, -0.25) is 4.79 Å². The number of carbonyl (C=O) groups excluding carboxylic acids is 1. The first-order valence-corrected chi connectivity index (χ1v) is 3.46. The Bertz CT molecular complexity index is 160. The van der Waals surface area contributed by atoms with Gasteiger partial charge in [0.05, 0.1) is 0 Å². The highest BCUT2D eigenvalue weighted by Gasteiger charge is 2.50. The van der Waals surface area contributed by atoms with Crippen LogP contribution in [-0.2, 0) is 4.79 Å². The van der Waals surface area contributed by atoms with Crippen LogP contribution in [0, 0.1) is 5.41 Å². The van der Waals surface area contributed by atoms with Crippen LogP contribution in [-0.4, -0.2) is 24.4 Å². The maximum Gasteiger partial charge on any atom is 0.222 e. The molecule has 9 heavy (non-hydrogen) atoms. The van der Waals surface area contributed by atoms with Gasteiger partial charge in [0.1, 0.15) is 0 Å². The molecule has 0 aromatic carbocycles. The Morgan fingerprint density at radius 2 is 2.22 bits per heavy atom. The zero-order valence-electron chi connectivity index (χ0n) is 5.68. The summed E-state index contributed by atoms with van der Waals surface area (Å²) in [5.41, 5.74) is 0.464. The van der Waals surface area contributed by atoms with Crippen LogP contribution in [0.5, 0.6) is 0 Å². The van der Waals surface area contributed by atoms with Crippen LogP contribution in [0.3, 0.4) is 0 Å². The Morgan fingerprint density at radius 1 is 1.56 bits per heavy atom. The minimum atomic E-state index is 0.340. The molecule has 0 bridgehead atoms. The van der Waals surface area contributed by atoms with Gasteiger partial charge in [-0.15, -0.1) is 0 Å². The summed E-state index contributed by atoms with van der Waals surface area (Å²) >= 11 is 0. The second kappa shape index (κ2) is 1.31. The molecule has 1 saturated carbocycles. The van der Waals surface area contributed by atoms with Crippen molar-refractivity contribution in [2.24, 2.45) is 5.41 Å². The number of carbonyl (C=O) groups is 1. The van der Waals surface area contributed by atoms with Crippen molar-refractivity contribution in [3.05, 3.63) is 0 Å². The van der Waals surface area contributed by atoms with E-state index in [4.69, 9.17) is 0 Å². The molecule has 2 fully saturated rings. The normalized spacial score (nSPS) is 29.9. The third-order valence-electron chi connectivity index (χ3n) is 2.48. The van der Waals surface area contributed by atoms with Gasteiger partial charge in [-0.25, -0.2) is 0 Å². The maximum atomic E-state index is 11.0. The number of amides is 1. The van der Waals surface area contributed by atoms with E-state index in [1.165, 1.54) is 12.8 Å². The van der Waals surface area contributed by atoms with Crippen molar-refractivity contribution < 1.29 is 4.79 Å². The van der Waals surface area contributed by atoms with Gasteiger partial charge < -0.3 is 4.90 Å². The third-order valence-corrected chi connectivity index (χ3v) is 2.48. The van der Waals surface area contributed by atoms with Crippen molar-refractivity contribution in [1.29, 1.82) is 0 Å². The predicted molar refractivity (Wildman–Crippen MR) is 33.9 cm³/mol. The predicted octanol–water partition coefficient (Wildman–Crippen LogP) is 0.629. The molecule has 1 aliphatic heterocycles. The smallest absolute Gasteiger partial charge is 0.222 e. The average Bonchev–Trinajstić information content (AvgIpc) is 2.42. The van der Waals surface area contributed by atoms with Crippen LogP contribution < -0.4 is 0 Å². The molecule has 0 unspecified atom stereocenters. The number of nitrogens with zero attached hydrogens (tertiary/aromatic N) is 1. The molecule has 2 nitrogen and oxygen atoms in total. The molecule has 1 heterocycles. The first-order chi connectivity index (χ1) is 4.22. The number of hydrogen-bond donors (Lipinski definition) is 0. The first kappa shape index (κ1) is 5.27. The highest BCUT2D eigenvalue weighted by molar-refractivity contribution is 5.79. The fraction of sp³-hybridized carbons (Fsp3) is 0.857. The van der Waals surface area contributed by atoms with Crippen molar-refractivity contribution in [1.82, 2.24) is 4.90 Å². The third kappa shape index (κ3) is 0.655. The molecule has 1 aliphatic carbocycles. The Hall–Kier alpha value is -0.530. The lowest BCUT2D eigenvalue weighted by molar-refractivity contribution is -0.126. The summed E-state index contributed by atoms with van der Waals surface area (Å²) in [5.74, 6) is 0.340. The molecule has 1 amide bonds. The van der Waals surface area contributed by atoms with Crippen molar-refractivity contribution in [3.63, 3.8) is 0 Å². The lowest BCUT2D eigenvalue weighted by atomic mass is 10.1. The Balaban J connectivity index is 2.14. The van der Waals surface area contributed by atoms with Crippen LogP contribution >= 0.6 is 0 Å². The molecule has 0 atom stereocenters. The first-order valence-electron chi connectivity index (χ1n) is 3.46. The quantitative estimate of drug-likeness (QED) is 0.465. The molecule has 0 radical (unpaired) electrons. The number of rotatable bonds is 0. The Kier molecular flexibility index (Phi) is 0.765. The summed E-state index contributed by atoms with van der Waals surface area (Å²) in [6.07, 6.45) is 3.38. The van der Waals surface area contributed by atoms with Crippen LogP contribution in [0.4, 0.5) is 0 Å². The van der Waals surface area contributed by atoms with Crippen LogP contribution in [0.15, 0.2) is 0 Å². The van der Waals surface area contributed by atoms with Gasteiger partial charge in [0.15, 0.2) is 0 Å². The monoisotopic (exact) mass is 125 g/mol. The lowest BCUT2D eigenvalue weighted by Crippen LogP contribution is -2.19. The topological polar surface area (TPSA) is 20.3 Å². The molecular weight excluding hydrogens is 114 g/mol. The molecule has 2 aliphatic rings. The summed E-state index contributed by atoms with van der Waals surface area (Å²) in [4.78, 5) is 12.8. The van der Waals surface area contributed by atoms with Gasteiger partial charge in [0, 0.05) is 20.0 Å². The largest absolute Gasteiger partial charge is 0.345 e. The minimum absolute atomic E-state index is 0.340. The van der Waals surface area contributed by atoms with E-state index in [1.54, 1.807) is 0 Å². The minimum Gasteiger partial charge on any atom is -0.345 e. The van der Waals surface area contributed by atoms with E-state index in [-0.39, 0.29) is 0 Å². The summed E-state index contributed by atoms with van der Waals surface area (Å²) in [7, 11) is 1.90. The maximum absolute atomic E-state index is 11.0. The molecule has 0 N–H and O–H groups in total. The van der Waals surface area contributed by atoms with E-state index < -0.39 is 0 Å². The average molecular weight is 125 g/mol. The molecule has 2 rings (SSSR count). The second-order valence-corrected chi connectivity index (χ2v) is 3.43. The fourth-order valence-electron chi connectivity index (χ4n) is 1.61. The van der Waals surface area contributed by atoms with E-state index in [0.717, 1.165) is 13.0 Å². The van der Waals surface area contributed by atoms with Gasteiger partial charge in [-0.2, -0.15) is 0 Å². The van der Waals surface area contributed by atoms with E-state index in [1.807, 2.05) is 11.9 Å². The van der Waals surface area contributed by atoms with E-state index >= 15 is 0 Å². The van der Waals surface area contributed by atoms with Crippen LogP contribution in [0.1, 0.15) is 19.3 Å². The Labute approximate surface area is 54.8 Å². The second-order valence-electron chi connectivity index (χ2n) is 3.43. The summed E-state index contributed by atoms with van der Waals surface area (Å²) in [6, 6.07) is 0. The Morgan fingerprint density at radius 3 is 2.44 bits per heavy atom. The van der Waals surface area contributed by atoms with E-state index in [9.17, 15) is 4.79 Å². The van der Waals surface area contributed by atoms with Crippen molar-refractivity contribution in [2.75, 3.05) is 13.6 Å². The summed E-state index contributed by atoms with van der Waals surface area (Å²) in [5, 5.41) is 0. The number of likely N-dealkylation sites (tertiary alicyclic amines) is 1. The molecular formula is C7H11NO. The lowest BCUT2D eigenvalue weighted by Gasteiger charge is -2.06. The van der Waals surface area contributed by atoms with E-state index in [2.05, 4.69) is 0 Å². The fourth-order valence-corrected chi connectivity index (χ4v) is 1.61. The van der Waals surface area contributed by atoms with Gasteiger partial charge in [0.2, 0.25) is 5.91 Å². The van der Waals surface area contributed by atoms with Gasteiger partial charge in [-0.1, -0.05) is 0 Å². The van der Waals surface area contributed by atoms with Crippen molar-refractivity contribution in [3.8, 4) is 0 Å². The zero-order chi connectivity index (χ0) is 6.48. The SMILES string of the molecule is CN1CC2(CC2)CC1=O. The molecule has 1 saturated heterocycles. The number of hydrogen-bond acceptors (Lipinski definition) is 1. The van der Waals surface area contributed by atoms with Gasteiger partial charge >= 0.3 is 0 Å². The summed E-state index contributed by atoms with van der Waals surface area (Å²) in [6.45, 7) is 1.02. The van der Waals surface area contributed by atoms with Crippen LogP contribution in [0.2, 0.25) is 0 Å². The van der Waals surface area contributed by atoms with Gasteiger partial charge in [-0.05, 0) is 18.3 Å². The van der Waals surface area contributed by atoms with Gasteiger partial charge in [0.25, 0.3) is 0 Å². The molecule has 50 valence electrons. The zero-order valence-corrected chi connectivity index (χ0v) is 5.68. The molecule has 2 heteroatoms. The molecule has 0 aromatic rings.